The molecule has 0 amide bonds. The van der Waals surface area contributed by atoms with Gasteiger partial charge in [-0.3, -0.25) is 0 Å². The van der Waals surface area contributed by atoms with Gasteiger partial charge < -0.3 is 4.74 Å². The van der Waals surface area contributed by atoms with Gasteiger partial charge in [0.2, 0.25) is 10.0 Å². The molecule has 0 N–H and O–H groups in total. The standard InChI is InChI=1S/C21H24N2O3S2/c1-14-7-8-19(16(3)13-14)28(24,25)23-11-9-17(10-12-23)26-21-22-20-15(2)5-4-6-18(20)27-21/h4-8,13,17H,9-12H2,1-3H3. The number of thiazole rings is 1. The summed E-state index contributed by atoms with van der Waals surface area (Å²) in [7, 11) is -3.47. The average Bonchev–Trinajstić information content (AvgIpc) is 3.06. The van der Waals surface area contributed by atoms with E-state index in [2.05, 4.69) is 4.98 Å². The molecule has 0 spiro atoms. The van der Waals surface area contributed by atoms with Gasteiger partial charge in [-0.15, -0.1) is 0 Å². The number of sulfonamides is 1. The molecule has 1 aromatic heterocycles. The first-order valence-corrected chi connectivity index (χ1v) is 11.7. The van der Waals surface area contributed by atoms with Crippen molar-refractivity contribution in [2.24, 2.45) is 0 Å². The van der Waals surface area contributed by atoms with Crippen molar-refractivity contribution in [2.75, 3.05) is 13.1 Å². The van der Waals surface area contributed by atoms with Gasteiger partial charge in [0.1, 0.15) is 6.10 Å². The van der Waals surface area contributed by atoms with Crippen LogP contribution in [-0.2, 0) is 10.0 Å². The summed E-state index contributed by atoms with van der Waals surface area (Å²) in [5.74, 6) is 0. The predicted octanol–water partition coefficient (Wildman–Crippen LogP) is 4.45. The second kappa shape index (κ2) is 7.46. The maximum atomic E-state index is 13.0. The summed E-state index contributed by atoms with van der Waals surface area (Å²) in [6, 6.07) is 11.6. The zero-order valence-electron chi connectivity index (χ0n) is 16.3. The summed E-state index contributed by atoms with van der Waals surface area (Å²) in [6.45, 7) is 6.79. The van der Waals surface area contributed by atoms with Gasteiger partial charge >= 0.3 is 0 Å². The van der Waals surface area contributed by atoms with Crippen LogP contribution in [0.3, 0.4) is 0 Å². The molecule has 7 heteroatoms. The lowest BCUT2D eigenvalue weighted by molar-refractivity contribution is 0.135. The Morgan fingerprint density at radius 2 is 1.82 bits per heavy atom. The lowest BCUT2D eigenvalue weighted by atomic mass is 10.1. The number of nitrogens with zero attached hydrogens (tertiary/aromatic N) is 2. The molecule has 2 heterocycles. The van der Waals surface area contributed by atoms with Crippen molar-refractivity contribution in [3.63, 3.8) is 0 Å². The number of rotatable bonds is 4. The maximum Gasteiger partial charge on any atom is 0.274 e. The second-order valence-electron chi connectivity index (χ2n) is 7.39. The van der Waals surface area contributed by atoms with E-state index in [4.69, 9.17) is 4.74 Å². The van der Waals surface area contributed by atoms with E-state index >= 15 is 0 Å². The minimum atomic E-state index is -3.47. The number of hydrogen-bond donors (Lipinski definition) is 0. The lowest BCUT2D eigenvalue weighted by Gasteiger charge is -2.31. The van der Waals surface area contributed by atoms with E-state index in [9.17, 15) is 8.42 Å². The molecule has 1 aliphatic heterocycles. The number of para-hydroxylation sites is 1. The fraction of sp³-hybridized carbons (Fsp3) is 0.381. The van der Waals surface area contributed by atoms with E-state index in [1.54, 1.807) is 21.7 Å². The van der Waals surface area contributed by atoms with Crippen LogP contribution >= 0.6 is 11.3 Å². The van der Waals surface area contributed by atoms with Crippen LogP contribution in [0.4, 0.5) is 0 Å². The van der Waals surface area contributed by atoms with E-state index in [0.717, 1.165) is 26.9 Å². The van der Waals surface area contributed by atoms with Crippen LogP contribution < -0.4 is 4.74 Å². The molecule has 0 unspecified atom stereocenters. The molecule has 28 heavy (non-hydrogen) atoms. The van der Waals surface area contributed by atoms with Crippen LogP contribution in [0.1, 0.15) is 29.5 Å². The van der Waals surface area contributed by atoms with Crippen molar-refractivity contribution in [2.45, 2.75) is 44.6 Å². The molecule has 5 nitrogen and oxygen atoms in total. The van der Waals surface area contributed by atoms with Gasteiger partial charge in [0.05, 0.1) is 15.1 Å². The Morgan fingerprint density at radius 1 is 1.07 bits per heavy atom. The van der Waals surface area contributed by atoms with Crippen molar-refractivity contribution in [1.82, 2.24) is 9.29 Å². The second-order valence-corrected chi connectivity index (χ2v) is 10.3. The number of piperidine rings is 1. The molecule has 148 valence electrons. The summed E-state index contributed by atoms with van der Waals surface area (Å²) in [4.78, 5) is 5.01. The minimum absolute atomic E-state index is 0.00793. The number of fused-ring (bicyclic) bond motifs is 1. The average molecular weight is 417 g/mol. The largest absolute Gasteiger partial charge is 0.467 e. The van der Waals surface area contributed by atoms with Gasteiger partial charge in [0, 0.05) is 13.1 Å². The molecular weight excluding hydrogens is 392 g/mol. The zero-order valence-corrected chi connectivity index (χ0v) is 17.9. The van der Waals surface area contributed by atoms with Gasteiger partial charge in [-0.1, -0.05) is 41.2 Å². The lowest BCUT2D eigenvalue weighted by Crippen LogP contribution is -2.41. The molecule has 0 atom stereocenters. The van der Waals surface area contributed by atoms with Crippen molar-refractivity contribution >= 4 is 31.6 Å². The van der Waals surface area contributed by atoms with Gasteiger partial charge in [0.15, 0.2) is 0 Å². The Labute approximate surface area is 170 Å². The Morgan fingerprint density at radius 3 is 2.50 bits per heavy atom. The molecule has 1 fully saturated rings. The number of hydrogen-bond acceptors (Lipinski definition) is 5. The normalized spacial score (nSPS) is 16.5. The van der Waals surface area contributed by atoms with Crippen LogP contribution in [0, 0.1) is 20.8 Å². The first kappa shape index (κ1) is 19.4. The molecule has 3 aromatic rings. The van der Waals surface area contributed by atoms with E-state index in [0.29, 0.717) is 36.0 Å². The number of benzene rings is 2. The summed E-state index contributed by atoms with van der Waals surface area (Å²) >= 11 is 1.55. The molecular formula is C21H24N2O3S2. The molecule has 0 aliphatic carbocycles. The quantitative estimate of drug-likeness (QED) is 0.630. The molecule has 4 rings (SSSR count). The molecule has 0 radical (unpaired) electrons. The van der Waals surface area contributed by atoms with Crippen LogP contribution in [0.5, 0.6) is 5.19 Å². The summed E-state index contributed by atoms with van der Waals surface area (Å²) in [5, 5.41) is 0.667. The van der Waals surface area contributed by atoms with Crippen LogP contribution in [-0.4, -0.2) is 36.9 Å². The highest BCUT2D eigenvalue weighted by molar-refractivity contribution is 7.89. The van der Waals surface area contributed by atoms with Gasteiger partial charge in [-0.25, -0.2) is 13.4 Å². The Hall–Kier alpha value is -1.96. The number of aryl methyl sites for hydroxylation is 3. The Kier molecular flexibility index (Phi) is 5.16. The SMILES string of the molecule is Cc1ccc(S(=O)(=O)N2CCC(Oc3nc4c(C)cccc4s3)CC2)c(C)c1. The third kappa shape index (κ3) is 3.66. The smallest absolute Gasteiger partial charge is 0.274 e. The summed E-state index contributed by atoms with van der Waals surface area (Å²) < 4.78 is 34.8. The molecule has 1 saturated heterocycles. The van der Waals surface area contributed by atoms with Gasteiger partial charge in [-0.2, -0.15) is 4.31 Å². The van der Waals surface area contributed by atoms with Crippen LogP contribution in [0.15, 0.2) is 41.3 Å². The minimum Gasteiger partial charge on any atom is -0.467 e. The fourth-order valence-corrected chi connectivity index (χ4v) is 6.31. The Balaban J connectivity index is 1.44. The zero-order chi connectivity index (χ0) is 19.9. The molecule has 0 saturated carbocycles. The van der Waals surface area contributed by atoms with Gasteiger partial charge in [-0.05, 0) is 56.9 Å². The summed E-state index contributed by atoms with van der Waals surface area (Å²) in [6.07, 6.45) is 1.32. The third-order valence-electron chi connectivity index (χ3n) is 5.22. The van der Waals surface area contributed by atoms with Crippen molar-refractivity contribution in [1.29, 1.82) is 0 Å². The highest BCUT2D eigenvalue weighted by atomic mass is 32.2. The van der Waals surface area contributed by atoms with Crippen molar-refractivity contribution < 1.29 is 13.2 Å². The van der Waals surface area contributed by atoms with Gasteiger partial charge in [0.25, 0.3) is 5.19 Å². The van der Waals surface area contributed by atoms with Crippen molar-refractivity contribution in [3.8, 4) is 5.19 Å². The van der Waals surface area contributed by atoms with E-state index < -0.39 is 10.0 Å². The molecule has 0 bridgehead atoms. The third-order valence-corrected chi connectivity index (χ3v) is 8.19. The highest BCUT2D eigenvalue weighted by Gasteiger charge is 2.31. The fourth-order valence-electron chi connectivity index (χ4n) is 3.68. The van der Waals surface area contributed by atoms with Crippen LogP contribution in [0.25, 0.3) is 10.2 Å². The predicted molar refractivity (Wildman–Crippen MR) is 113 cm³/mol. The summed E-state index contributed by atoms with van der Waals surface area (Å²) in [5.41, 5.74) is 3.98. The maximum absolute atomic E-state index is 13.0. The Bertz CT molecular complexity index is 1110. The first-order valence-electron chi connectivity index (χ1n) is 9.45. The number of ether oxygens (including phenoxy) is 1. The topological polar surface area (TPSA) is 59.5 Å². The highest BCUT2D eigenvalue weighted by Crippen LogP contribution is 2.32. The van der Waals surface area contributed by atoms with Crippen LogP contribution in [0.2, 0.25) is 0 Å². The first-order chi connectivity index (χ1) is 13.3. The van der Waals surface area contributed by atoms with E-state index in [1.165, 1.54) is 0 Å². The monoisotopic (exact) mass is 416 g/mol. The number of aromatic nitrogens is 1. The van der Waals surface area contributed by atoms with E-state index in [-0.39, 0.29) is 6.10 Å². The van der Waals surface area contributed by atoms with Crippen molar-refractivity contribution in [3.05, 3.63) is 53.1 Å². The molecule has 2 aromatic carbocycles. The molecule has 1 aliphatic rings. The van der Waals surface area contributed by atoms with E-state index in [1.807, 2.05) is 51.1 Å².